The van der Waals surface area contributed by atoms with Crippen molar-refractivity contribution in [3.05, 3.63) is 52.5 Å². The Kier molecular flexibility index (Phi) is 5.71. The van der Waals surface area contributed by atoms with Gasteiger partial charge in [-0.15, -0.1) is 0 Å². The number of halogens is 1. The van der Waals surface area contributed by atoms with Crippen molar-refractivity contribution in [3.8, 4) is 17.2 Å². The van der Waals surface area contributed by atoms with Crippen LogP contribution >= 0.6 is 11.6 Å². The molecule has 6 heteroatoms. The number of ether oxygens (including phenoxy) is 3. The number of hydrogen-bond donors (Lipinski definition) is 1. The summed E-state index contributed by atoms with van der Waals surface area (Å²) < 4.78 is 16.0. The Morgan fingerprint density at radius 1 is 1.04 bits per heavy atom. The zero-order chi connectivity index (χ0) is 16.8. The topological polar surface area (TPSA) is 56.8 Å². The second kappa shape index (κ2) is 7.74. The molecule has 0 aliphatic heterocycles. The molecule has 5 nitrogen and oxygen atoms in total. The molecule has 0 spiro atoms. The quantitative estimate of drug-likeness (QED) is 0.880. The molecule has 0 aliphatic rings. The monoisotopic (exact) mass is 335 g/mol. The summed E-state index contributed by atoms with van der Waals surface area (Å²) in [6.45, 7) is 0.287. The van der Waals surface area contributed by atoms with E-state index in [1.54, 1.807) is 44.6 Å². The van der Waals surface area contributed by atoms with Crippen LogP contribution in [0.15, 0.2) is 36.4 Å². The second-order valence-corrected chi connectivity index (χ2v) is 5.12. The Hall–Kier alpha value is -2.40. The van der Waals surface area contributed by atoms with Crippen molar-refractivity contribution < 1.29 is 19.0 Å². The number of benzene rings is 2. The molecule has 0 aliphatic carbocycles. The van der Waals surface area contributed by atoms with Crippen molar-refractivity contribution >= 4 is 17.5 Å². The summed E-state index contributed by atoms with van der Waals surface area (Å²) in [4.78, 5) is 12.2. The van der Waals surface area contributed by atoms with Crippen molar-refractivity contribution in [1.29, 1.82) is 0 Å². The third-order valence-electron chi connectivity index (χ3n) is 3.31. The van der Waals surface area contributed by atoms with Gasteiger partial charge >= 0.3 is 0 Å². The first kappa shape index (κ1) is 17.0. The molecule has 0 fully saturated rings. The van der Waals surface area contributed by atoms with Crippen molar-refractivity contribution in [2.24, 2.45) is 0 Å². The predicted octanol–water partition coefficient (Wildman–Crippen LogP) is 3.30. The van der Waals surface area contributed by atoms with Gasteiger partial charge in [-0.25, -0.2) is 0 Å². The van der Waals surface area contributed by atoms with Gasteiger partial charge in [0.1, 0.15) is 0 Å². The summed E-state index contributed by atoms with van der Waals surface area (Å²) >= 11 is 5.90. The van der Waals surface area contributed by atoms with Crippen molar-refractivity contribution in [3.63, 3.8) is 0 Å². The van der Waals surface area contributed by atoms with Gasteiger partial charge in [-0.3, -0.25) is 4.79 Å². The molecule has 0 bridgehead atoms. The molecule has 0 heterocycles. The molecule has 0 atom stereocenters. The number of amides is 1. The highest BCUT2D eigenvalue weighted by atomic mass is 35.5. The minimum Gasteiger partial charge on any atom is -0.493 e. The first-order valence-electron chi connectivity index (χ1n) is 6.92. The lowest BCUT2D eigenvalue weighted by molar-refractivity contribution is 0.0950. The molecule has 1 N–H and O–H groups in total. The lowest BCUT2D eigenvalue weighted by Gasteiger charge is -2.16. The molecule has 122 valence electrons. The van der Waals surface area contributed by atoms with Gasteiger partial charge in [-0.1, -0.05) is 17.7 Å². The summed E-state index contributed by atoms with van der Waals surface area (Å²) in [5.74, 6) is 1.36. The molecule has 2 rings (SSSR count). The molecular weight excluding hydrogens is 318 g/mol. The van der Waals surface area contributed by atoms with Gasteiger partial charge in [0.25, 0.3) is 5.91 Å². The van der Waals surface area contributed by atoms with Gasteiger partial charge in [0, 0.05) is 22.7 Å². The Morgan fingerprint density at radius 3 is 2.39 bits per heavy atom. The maximum absolute atomic E-state index is 12.2. The van der Waals surface area contributed by atoms with Gasteiger partial charge < -0.3 is 19.5 Å². The third-order valence-corrected chi connectivity index (χ3v) is 3.55. The third kappa shape index (κ3) is 3.87. The van der Waals surface area contributed by atoms with E-state index in [9.17, 15) is 4.79 Å². The molecular formula is C17H18ClNO4. The predicted molar refractivity (Wildman–Crippen MR) is 88.7 cm³/mol. The van der Waals surface area contributed by atoms with Crippen LogP contribution in [0.2, 0.25) is 5.02 Å². The largest absolute Gasteiger partial charge is 0.493 e. The normalized spacial score (nSPS) is 10.1. The standard InChI is InChI=1S/C17H18ClNO4/c1-21-14-8-7-12(15(22-2)16(14)23-3)10-19-17(20)11-5-4-6-13(18)9-11/h4-9H,10H2,1-3H3,(H,19,20). The Labute approximate surface area is 140 Å². The summed E-state index contributed by atoms with van der Waals surface area (Å²) in [5, 5.41) is 3.35. The van der Waals surface area contributed by atoms with Gasteiger partial charge in [-0.05, 0) is 30.3 Å². The fourth-order valence-electron chi connectivity index (χ4n) is 2.21. The fraction of sp³-hybridized carbons (Fsp3) is 0.235. The summed E-state index contributed by atoms with van der Waals surface area (Å²) in [6, 6.07) is 10.3. The molecule has 2 aromatic carbocycles. The molecule has 23 heavy (non-hydrogen) atoms. The van der Waals surface area contributed by atoms with Crippen molar-refractivity contribution in [2.45, 2.75) is 6.54 Å². The fourth-order valence-corrected chi connectivity index (χ4v) is 2.40. The lowest BCUT2D eigenvalue weighted by atomic mass is 10.1. The molecule has 0 radical (unpaired) electrons. The average molecular weight is 336 g/mol. The van der Waals surface area contributed by atoms with Crippen LogP contribution < -0.4 is 19.5 Å². The van der Waals surface area contributed by atoms with Crippen LogP contribution in [0.5, 0.6) is 17.2 Å². The van der Waals surface area contributed by atoms with Crippen LogP contribution in [0.3, 0.4) is 0 Å². The van der Waals surface area contributed by atoms with E-state index < -0.39 is 0 Å². The van der Waals surface area contributed by atoms with E-state index in [1.165, 1.54) is 7.11 Å². The van der Waals surface area contributed by atoms with Gasteiger partial charge in [0.05, 0.1) is 21.3 Å². The number of nitrogens with one attached hydrogen (secondary N) is 1. The molecule has 0 saturated heterocycles. The number of carbonyl (C=O) groups is 1. The summed E-state index contributed by atoms with van der Waals surface area (Å²) in [5.41, 5.74) is 1.28. The van der Waals surface area contributed by atoms with E-state index in [-0.39, 0.29) is 12.5 Å². The number of rotatable bonds is 6. The first-order chi connectivity index (χ1) is 11.1. The van der Waals surface area contributed by atoms with E-state index in [4.69, 9.17) is 25.8 Å². The highest BCUT2D eigenvalue weighted by molar-refractivity contribution is 6.30. The van der Waals surface area contributed by atoms with Gasteiger partial charge in [0.2, 0.25) is 5.75 Å². The molecule has 0 unspecified atom stereocenters. The van der Waals surface area contributed by atoms with Gasteiger partial charge in [0.15, 0.2) is 11.5 Å². The van der Waals surface area contributed by atoms with Crippen LogP contribution in [0.4, 0.5) is 0 Å². The van der Waals surface area contributed by atoms with E-state index >= 15 is 0 Å². The SMILES string of the molecule is COc1ccc(CNC(=O)c2cccc(Cl)c2)c(OC)c1OC. The van der Waals surface area contributed by atoms with E-state index in [0.717, 1.165) is 5.56 Å². The minimum absolute atomic E-state index is 0.218. The Morgan fingerprint density at radius 2 is 1.78 bits per heavy atom. The van der Waals surface area contributed by atoms with E-state index in [1.807, 2.05) is 6.07 Å². The molecule has 2 aromatic rings. The van der Waals surface area contributed by atoms with Crippen LogP contribution in [-0.2, 0) is 6.54 Å². The van der Waals surface area contributed by atoms with Crippen molar-refractivity contribution in [1.82, 2.24) is 5.32 Å². The van der Waals surface area contributed by atoms with Crippen LogP contribution in [0, 0.1) is 0 Å². The minimum atomic E-state index is -0.218. The number of methoxy groups -OCH3 is 3. The van der Waals surface area contributed by atoms with E-state index in [0.29, 0.717) is 27.8 Å². The van der Waals surface area contributed by atoms with Crippen LogP contribution in [0.1, 0.15) is 15.9 Å². The highest BCUT2D eigenvalue weighted by Gasteiger charge is 2.16. The van der Waals surface area contributed by atoms with Crippen molar-refractivity contribution in [2.75, 3.05) is 21.3 Å². The zero-order valence-corrected chi connectivity index (χ0v) is 13.9. The van der Waals surface area contributed by atoms with Crippen LogP contribution in [-0.4, -0.2) is 27.2 Å². The first-order valence-corrected chi connectivity index (χ1v) is 7.30. The van der Waals surface area contributed by atoms with E-state index in [2.05, 4.69) is 5.32 Å². The molecule has 1 amide bonds. The molecule has 0 aromatic heterocycles. The van der Waals surface area contributed by atoms with Crippen LogP contribution in [0.25, 0.3) is 0 Å². The Bertz CT molecular complexity index is 703. The lowest BCUT2D eigenvalue weighted by Crippen LogP contribution is -2.23. The summed E-state index contributed by atoms with van der Waals surface area (Å²) in [6.07, 6.45) is 0. The maximum atomic E-state index is 12.2. The molecule has 0 saturated carbocycles. The van der Waals surface area contributed by atoms with Gasteiger partial charge in [-0.2, -0.15) is 0 Å². The summed E-state index contributed by atoms with van der Waals surface area (Å²) in [7, 11) is 4.63. The average Bonchev–Trinajstić information content (AvgIpc) is 2.58. The highest BCUT2D eigenvalue weighted by Crippen LogP contribution is 2.39. The number of carbonyl (C=O) groups excluding carboxylic acids is 1. The maximum Gasteiger partial charge on any atom is 0.251 e. The second-order valence-electron chi connectivity index (χ2n) is 4.69. The number of hydrogen-bond acceptors (Lipinski definition) is 4. The zero-order valence-electron chi connectivity index (χ0n) is 13.2. The Balaban J connectivity index is 2.18. The smallest absolute Gasteiger partial charge is 0.251 e.